The van der Waals surface area contributed by atoms with Gasteiger partial charge in [0.25, 0.3) is 0 Å². The molecule has 0 spiro atoms. The number of para-hydroxylation sites is 1. The van der Waals surface area contributed by atoms with E-state index in [0.717, 1.165) is 66.6 Å². The normalized spacial score (nSPS) is 11.6. The Bertz CT molecular complexity index is 3920. The first kappa shape index (κ1) is 38.9. The van der Waals surface area contributed by atoms with Gasteiger partial charge in [-0.1, -0.05) is 200 Å². The largest absolute Gasteiger partial charge is 0.455 e. The van der Waals surface area contributed by atoms with Gasteiger partial charge < -0.3 is 9.32 Å². The van der Waals surface area contributed by atoms with Gasteiger partial charge in [0, 0.05) is 59.0 Å². The van der Waals surface area contributed by atoms with Crippen LogP contribution in [0.4, 0.5) is 17.1 Å². The van der Waals surface area contributed by atoms with Crippen molar-refractivity contribution in [1.82, 2.24) is 0 Å². The summed E-state index contributed by atoms with van der Waals surface area (Å²) >= 11 is 1.88. The molecule has 0 aliphatic rings. The van der Waals surface area contributed by atoms with Gasteiger partial charge in [-0.05, 0) is 104 Å². The molecule has 0 unspecified atom stereocenters. The van der Waals surface area contributed by atoms with E-state index in [4.69, 9.17) is 4.42 Å². The summed E-state index contributed by atoms with van der Waals surface area (Å²) < 4.78 is 9.33. The van der Waals surface area contributed by atoms with E-state index in [2.05, 4.69) is 254 Å². The molecule has 2 nitrogen and oxygen atoms in total. The first-order valence-electron chi connectivity index (χ1n) is 22.8. The van der Waals surface area contributed by atoms with Gasteiger partial charge >= 0.3 is 0 Å². The molecule has 0 bridgehead atoms. The molecule has 0 aliphatic heterocycles. The molecule has 0 amide bonds. The van der Waals surface area contributed by atoms with Crippen LogP contribution in [0.15, 0.2) is 253 Å². The summed E-state index contributed by atoms with van der Waals surface area (Å²) in [6.45, 7) is 0. The molecular formula is C64H41NOS. The van der Waals surface area contributed by atoms with E-state index in [1.165, 1.54) is 58.9 Å². The van der Waals surface area contributed by atoms with Crippen LogP contribution in [0.25, 0.3) is 109 Å². The third-order valence-electron chi connectivity index (χ3n) is 13.3. The molecule has 0 N–H and O–H groups in total. The highest BCUT2D eigenvalue weighted by Gasteiger charge is 2.17. The van der Waals surface area contributed by atoms with E-state index < -0.39 is 0 Å². The molecule has 0 radical (unpaired) electrons. The van der Waals surface area contributed by atoms with Crippen molar-refractivity contribution < 1.29 is 4.42 Å². The number of hydrogen-bond donors (Lipinski definition) is 0. The summed E-state index contributed by atoms with van der Waals surface area (Å²) in [5, 5.41) is 7.25. The maximum atomic E-state index is 6.67. The van der Waals surface area contributed by atoms with E-state index in [0.29, 0.717) is 0 Å². The predicted octanol–water partition coefficient (Wildman–Crippen LogP) is 18.9. The topological polar surface area (TPSA) is 16.4 Å². The van der Waals surface area contributed by atoms with Crippen molar-refractivity contribution >= 4 is 81.3 Å². The Hall–Kier alpha value is -8.50. The van der Waals surface area contributed by atoms with E-state index in [1.54, 1.807) is 0 Å². The lowest BCUT2D eigenvalue weighted by Gasteiger charge is -2.26. The third kappa shape index (κ3) is 6.88. The molecule has 0 saturated carbocycles. The summed E-state index contributed by atoms with van der Waals surface area (Å²) in [4.78, 5) is 2.34. The Balaban J connectivity index is 0.805. The average molecular weight is 872 g/mol. The van der Waals surface area contributed by atoms with Gasteiger partial charge in [-0.2, -0.15) is 0 Å². The summed E-state index contributed by atoms with van der Waals surface area (Å²) in [5.74, 6) is 0. The second-order valence-electron chi connectivity index (χ2n) is 17.2. The average Bonchev–Trinajstić information content (AvgIpc) is 3.99. The van der Waals surface area contributed by atoms with Crippen LogP contribution < -0.4 is 4.90 Å². The molecule has 314 valence electrons. The molecule has 2 aromatic heterocycles. The van der Waals surface area contributed by atoms with Crippen molar-refractivity contribution in [2.75, 3.05) is 4.90 Å². The second-order valence-corrected chi connectivity index (χ2v) is 18.3. The molecule has 11 aromatic carbocycles. The molecule has 0 fully saturated rings. The quantitative estimate of drug-likeness (QED) is 0.151. The Morgan fingerprint density at radius 1 is 0.269 bits per heavy atom. The van der Waals surface area contributed by atoms with Gasteiger partial charge in [-0.15, -0.1) is 11.3 Å². The fraction of sp³-hybridized carbons (Fsp3) is 0. The van der Waals surface area contributed by atoms with Crippen molar-refractivity contribution in [1.29, 1.82) is 0 Å². The van der Waals surface area contributed by atoms with Crippen LogP contribution >= 0.6 is 11.3 Å². The van der Waals surface area contributed by atoms with E-state index in [-0.39, 0.29) is 0 Å². The lowest BCUT2D eigenvalue weighted by atomic mass is 9.98. The van der Waals surface area contributed by atoms with Gasteiger partial charge in [0.2, 0.25) is 0 Å². The lowest BCUT2D eigenvalue weighted by molar-refractivity contribution is 0.674. The molecule has 13 rings (SSSR count). The first-order valence-corrected chi connectivity index (χ1v) is 23.6. The Morgan fingerprint density at radius 2 is 0.701 bits per heavy atom. The van der Waals surface area contributed by atoms with Gasteiger partial charge in [0.05, 0.1) is 0 Å². The number of furan rings is 1. The lowest BCUT2D eigenvalue weighted by Crippen LogP contribution is -2.09. The smallest absolute Gasteiger partial charge is 0.143 e. The fourth-order valence-electron chi connectivity index (χ4n) is 9.90. The highest BCUT2D eigenvalue weighted by atomic mass is 32.1. The van der Waals surface area contributed by atoms with Crippen LogP contribution in [0.2, 0.25) is 0 Å². The third-order valence-corrected chi connectivity index (χ3v) is 14.6. The monoisotopic (exact) mass is 871 g/mol. The number of anilines is 3. The molecule has 67 heavy (non-hydrogen) atoms. The second kappa shape index (κ2) is 16.2. The van der Waals surface area contributed by atoms with Crippen molar-refractivity contribution in [3.8, 4) is 55.6 Å². The van der Waals surface area contributed by atoms with E-state index in [9.17, 15) is 0 Å². The minimum Gasteiger partial charge on any atom is -0.455 e. The number of nitrogens with zero attached hydrogens (tertiary/aromatic N) is 1. The van der Waals surface area contributed by atoms with Crippen LogP contribution in [-0.2, 0) is 0 Å². The number of benzene rings is 11. The van der Waals surface area contributed by atoms with E-state index >= 15 is 0 Å². The van der Waals surface area contributed by atoms with Crippen LogP contribution in [0.5, 0.6) is 0 Å². The fourth-order valence-corrected chi connectivity index (χ4v) is 11.1. The zero-order chi connectivity index (χ0) is 44.3. The standard InChI is InChI=1S/C64H41NOS/c1-2-10-42(11-3-1)45-28-35-51(36-29-45)65(53-39-32-47(33-40-53)44-22-26-50(27-23-44)56-16-9-18-60-57-14-6-7-19-61(57)67-64(56)60)52-37-30-46(31-38-52)43-20-24-49(25-21-43)55-15-8-17-58-59-41-34-48-12-4-5-13-54(48)63(59)66-62(55)58/h1-41H. The first-order chi connectivity index (χ1) is 33.2. The minimum absolute atomic E-state index is 0.922. The van der Waals surface area contributed by atoms with Crippen molar-refractivity contribution in [3.05, 3.63) is 249 Å². The molecule has 13 aromatic rings. The molecular weight excluding hydrogens is 831 g/mol. The van der Waals surface area contributed by atoms with Gasteiger partial charge in [0.15, 0.2) is 0 Å². The number of hydrogen-bond acceptors (Lipinski definition) is 3. The highest BCUT2D eigenvalue weighted by molar-refractivity contribution is 7.26. The Kier molecular flexibility index (Phi) is 9.40. The molecule has 3 heteroatoms. The van der Waals surface area contributed by atoms with Crippen molar-refractivity contribution in [2.45, 2.75) is 0 Å². The van der Waals surface area contributed by atoms with Gasteiger partial charge in [-0.3, -0.25) is 0 Å². The molecule has 0 atom stereocenters. The molecule has 0 aliphatic carbocycles. The summed E-state index contributed by atoms with van der Waals surface area (Å²) in [6, 6.07) is 89.9. The molecule has 0 saturated heterocycles. The zero-order valence-corrected chi connectivity index (χ0v) is 37.3. The minimum atomic E-state index is 0.922. The van der Waals surface area contributed by atoms with Crippen molar-refractivity contribution in [2.24, 2.45) is 0 Å². The SMILES string of the molecule is c1ccc(-c2ccc(N(c3ccc(-c4ccc(-c5cccc6c5oc5c7ccccc7ccc65)cc4)cc3)c3ccc(-c4ccc(-c5cccc6c5sc5ccccc56)cc4)cc3)cc2)cc1. The zero-order valence-electron chi connectivity index (χ0n) is 36.4. The maximum absolute atomic E-state index is 6.67. The number of thiophene rings is 1. The summed E-state index contributed by atoms with van der Waals surface area (Å²) in [7, 11) is 0. The summed E-state index contributed by atoms with van der Waals surface area (Å²) in [5.41, 5.74) is 17.0. The van der Waals surface area contributed by atoms with Gasteiger partial charge in [0.1, 0.15) is 11.2 Å². The van der Waals surface area contributed by atoms with Crippen LogP contribution in [0.3, 0.4) is 0 Å². The van der Waals surface area contributed by atoms with Crippen LogP contribution in [-0.4, -0.2) is 0 Å². The molecule has 2 heterocycles. The highest BCUT2D eigenvalue weighted by Crippen LogP contribution is 2.43. The van der Waals surface area contributed by atoms with Crippen LogP contribution in [0, 0.1) is 0 Å². The summed E-state index contributed by atoms with van der Waals surface area (Å²) in [6.07, 6.45) is 0. The predicted molar refractivity (Wildman–Crippen MR) is 286 cm³/mol. The number of rotatable bonds is 8. The Labute approximate surface area is 392 Å². The van der Waals surface area contributed by atoms with Gasteiger partial charge in [-0.25, -0.2) is 0 Å². The van der Waals surface area contributed by atoms with E-state index in [1.807, 2.05) is 11.3 Å². The Morgan fingerprint density at radius 3 is 1.31 bits per heavy atom. The maximum Gasteiger partial charge on any atom is 0.143 e. The van der Waals surface area contributed by atoms with Crippen LogP contribution in [0.1, 0.15) is 0 Å². The number of fused-ring (bicyclic) bond motifs is 8. The van der Waals surface area contributed by atoms with Crippen molar-refractivity contribution in [3.63, 3.8) is 0 Å².